The number of piperazine rings is 1. The van der Waals surface area contributed by atoms with E-state index < -0.39 is 5.72 Å². The molecule has 1 atom stereocenters. The summed E-state index contributed by atoms with van der Waals surface area (Å²) in [6.45, 7) is 4.48. The van der Waals surface area contributed by atoms with Crippen LogP contribution in [0, 0.1) is 0 Å². The predicted molar refractivity (Wildman–Crippen MR) is 68.3 cm³/mol. The Morgan fingerprint density at radius 3 is 2.78 bits per heavy atom. The molecule has 1 aliphatic heterocycles. The van der Waals surface area contributed by atoms with Crippen molar-refractivity contribution in [1.29, 1.82) is 0 Å². The molecule has 1 fully saturated rings. The molecule has 1 aromatic rings. The van der Waals surface area contributed by atoms with Crippen LogP contribution in [0.1, 0.15) is 17.3 Å². The van der Waals surface area contributed by atoms with Crippen LogP contribution in [0.25, 0.3) is 0 Å². The van der Waals surface area contributed by atoms with E-state index in [9.17, 15) is 4.79 Å². The minimum Gasteiger partial charge on any atom is -0.493 e. The highest BCUT2D eigenvalue weighted by atomic mass is 16.5. The molecule has 5 nitrogen and oxygen atoms in total. The molecule has 1 aromatic carbocycles. The molecule has 0 spiro atoms. The first-order valence-corrected chi connectivity index (χ1v) is 5.95. The van der Waals surface area contributed by atoms with Crippen LogP contribution in [0.3, 0.4) is 0 Å². The van der Waals surface area contributed by atoms with Gasteiger partial charge in [0.1, 0.15) is 6.29 Å². The standard InChI is InChI=1S/C13H18N2O3/c1-13(9-14-5-6-15-13)18-11-4-3-10(8-16)7-12(11)17-2/h3-4,7-8,14-15H,5-6,9H2,1-2H3/t13-/m1/s1. The van der Waals surface area contributed by atoms with Crippen LogP contribution >= 0.6 is 0 Å². The second-order valence-electron chi connectivity index (χ2n) is 4.46. The Kier molecular flexibility index (Phi) is 3.84. The van der Waals surface area contributed by atoms with Crippen molar-refractivity contribution in [2.45, 2.75) is 12.6 Å². The lowest BCUT2D eigenvalue weighted by atomic mass is 10.2. The zero-order valence-corrected chi connectivity index (χ0v) is 10.7. The summed E-state index contributed by atoms with van der Waals surface area (Å²) in [6.07, 6.45) is 0.786. The van der Waals surface area contributed by atoms with Gasteiger partial charge in [-0.05, 0) is 25.1 Å². The molecular weight excluding hydrogens is 232 g/mol. The molecule has 1 aliphatic rings. The van der Waals surface area contributed by atoms with Crippen molar-refractivity contribution in [3.8, 4) is 11.5 Å². The van der Waals surface area contributed by atoms with Crippen LogP contribution in [0.4, 0.5) is 0 Å². The number of methoxy groups -OCH3 is 1. The second kappa shape index (κ2) is 5.37. The minimum absolute atomic E-state index is 0.464. The summed E-state index contributed by atoms with van der Waals surface area (Å²) in [6, 6.07) is 5.14. The van der Waals surface area contributed by atoms with E-state index in [0.717, 1.165) is 19.4 Å². The molecule has 0 saturated carbocycles. The number of hydrogen-bond acceptors (Lipinski definition) is 5. The maximum atomic E-state index is 10.7. The summed E-state index contributed by atoms with van der Waals surface area (Å²) >= 11 is 0. The normalized spacial score (nSPS) is 23.4. The van der Waals surface area contributed by atoms with Crippen LogP contribution in [0.2, 0.25) is 0 Å². The third-order valence-corrected chi connectivity index (χ3v) is 2.92. The number of benzene rings is 1. The summed E-state index contributed by atoms with van der Waals surface area (Å²) < 4.78 is 11.2. The summed E-state index contributed by atoms with van der Waals surface area (Å²) in [5.41, 5.74) is 0.105. The van der Waals surface area contributed by atoms with Crippen molar-refractivity contribution in [3.63, 3.8) is 0 Å². The van der Waals surface area contributed by atoms with Crippen molar-refractivity contribution in [3.05, 3.63) is 23.8 Å². The lowest BCUT2D eigenvalue weighted by Crippen LogP contribution is -2.60. The van der Waals surface area contributed by atoms with E-state index in [0.29, 0.717) is 23.6 Å². The van der Waals surface area contributed by atoms with Gasteiger partial charge in [-0.3, -0.25) is 10.1 Å². The molecule has 0 unspecified atom stereocenters. The monoisotopic (exact) mass is 250 g/mol. The number of aldehydes is 1. The first-order chi connectivity index (χ1) is 8.67. The van der Waals surface area contributed by atoms with Crippen LogP contribution in [0.15, 0.2) is 18.2 Å². The van der Waals surface area contributed by atoms with E-state index in [1.54, 1.807) is 25.3 Å². The highest BCUT2D eigenvalue weighted by Gasteiger charge is 2.29. The van der Waals surface area contributed by atoms with Gasteiger partial charge in [0.15, 0.2) is 17.2 Å². The predicted octanol–water partition coefficient (Wildman–Crippen LogP) is 0.795. The third-order valence-electron chi connectivity index (χ3n) is 2.92. The maximum Gasteiger partial charge on any atom is 0.170 e. The fourth-order valence-corrected chi connectivity index (χ4v) is 1.96. The lowest BCUT2D eigenvalue weighted by Gasteiger charge is -2.36. The van der Waals surface area contributed by atoms with Gasteiger partial charge in [0.05, 0.1) is 7.11 Å². The Balaban J connectivity index is 2.19. The van der Waals surface area contributed by atoms with Gasteiger partial charge >= 0.3 is 0 Å². The molecule has 1 saturated heterocycles. The van der Waals surface area contributed by atoms with E-state index in [4.69, 9.17) is 9.47 Å². The van der Waals surface area contributed by atoms with Crippen molar-refractivity contribution in [1.82, 2.24) is 10.6 Å². The zero-order chi connectivity index (χ0) is 13.0. The van der Waals surface area contributed by atoms with E-state index in [-0.39, 0.29) is 0 Å². The van der Waals surface area contributed by atoms with Crippen LogP contribution in [0.5, 0.6) is 11.5 Å². The highest BCUT2D eigenvalue weighted by Crippen LogP contribution is 2.30. The number of carbonyl (C=O) groups excluding carboxylic acids is 1. The Morgan fingerprint density at radius 1 is 1.33 bits per heavy atom. The van der Waals surface area contributed by atoms with Crippen LogP contribution < -0.4 is 20.1 Å². The van der Waals surface area contributed by atoms with Crippen molar-refractivity contribution >= 4 is 6.29 Å². The Hall–Kier alpha value is -1.59. The topological polar surface area (TPSA) is 59.6 Å². The quantitative estimate of drug-likeness (QED) is 0.774. The molecule has 1 heterocycles. The summed E-state index contributed by atoms with van der Waals surface area (Å²) in [7, 11) is 1.56. The van der Waals surface area contributed by atoms with E-state index in [1.165, 1.54) is 0 Å². The molecular formula is C13H18N2O3. The molecule has 0 amide bonds. The van der Waals surface area contributed by atoms with Crippen molar-refractivity contribution in [2.75, 3.05) is 26.7 Å². The first kappa shape index (κ1) is 12.9. The molecule has 0 radical (unpaired) electrons. The van der Waals surface area contributed by atoms with Gasteiger partial charge in [0, 0.05) is 25.2 Å². The Labute approximate surface area is 106 Å². The number of ether oxygens (including phenoxy) is 2. The number of carbonyl (C=O) groups is 1. The molecule has 5 heteroatoms. The molecule has 0 bridgehead atoms. The average Bonchev–Trinajstić information content (AvgIpc) is 2.39. The number of rotatable bonds is 4. The first-order valence-electron chi connectivity index (χ1n) is 5.95. The fourth-order valence-electron chi connectivity index (χ4n) is 1.96. The number of hydrogen-bond donors (Lipinski definition) is 2. The van der Waals surface area contributed by atoms with E-state index in [2.05, 4.69) is 10.6 Å². The van der Waals surface area contributed by atoms with E-state index in [1.807, 2.05) is 6.92 Å². The van der Waals surface area contributed by atoms with Gasteiger partial charge in [0.25, 0.3) is 0 Å². The van der Waals surface area contributed by atoms with Crippen molar-refractivity contribution < 1.29 is 14.3 Å². The molecule has 18 heavy (non-hydrogen) atoms. The zero-order valence-electron chi connectivity index (χ0n) is 10.7. The summed E-state index contributed by atoms with van der Waals surface area (Å²) in [5.74, 6) is 1.19. The Bertz CT molecular complexity index is 428. The van der Waals surface area contributed by atoms with Gasteiger partial charge in [-0.1, -0.05) is 0 Å². The average molecular weight is 250 g/mol. The SMILES string of the molecule is COc1cc(C=O)ccc1O[C@]1(C)CNCCN1. The molecule has 0 aromatic heterocycles. The van der Waals surface area contributed by atoms with Gasteiger partial charge in [-0.25, -0.2) is 0 Å². The Morgan fingerprint density at radius 2 is 2.17 bits per heavy atom. The van der Waals surface area contributed by atoms with Gasteiger partial charge < -0.3 is 14.8 Å². The molecule has 2 rings (SSSR count). The third kappa shape index (κ3) is 2.80. The van der Waals surface area contributed by atoms with Gasteiger partial charge in [0.2, 0.25) is 0 Å². The molecule has 2 N–H and O–H groups in total. The lowest BCUT2D eigenvalue weighted by molar-refractivity contribution is 0.0355. The molecule has 98 valence electrons. The van der Waals surface area contributed by atoms with Crippen molar-refractivity contribution in [2.24, 2.45) is 0 Å². The largest absolute Gasteiger partial charge is 0.493 e. The molecule has 0 aliphatic carbocycles. The van der Waals surface area contributed by atoms with Crippen LogP contribution in [-0.2, 0) is 0 Å². The second-order valence-corrected chi connectivity index (χ2v) is 4.46. The fraction of sp³-hybridized carbons (Fsp3) is 0.462. The summed E-state index contributed by atoms with van der Waals surface area (Å²) in [5, 5.41) is 6.59. The minimum atomic E-state index is -0.464. The van der Waals surface area contributed by atoms with E-state index >= 15 is 0 Å². The number of nitrogens with one attached hydrogen (secondary N) is 2. The maximum absolute atomic E-state index is 10.7. The van der Waals surface area contributed by atoms with Gasteiger partial charge in [-0.15, -0.1) is 0 Å². The van der Waals surface area contributed by atoms with Gasteiger partial charge in [-0.2, -0.15) is 0 Å². The summed E-state index contributed by atoms with van der Waals surface area (Å²) in [4.78, 5) is 10.7. The smallest absolute Gasteiger partial charge is 0.170 e. The highest BCUT2D eigenvalue weighted by molar-refractivity contribution is 5.76. The van der Waals surface area contributed by atoms with Crippen LogP contribution in [-0.4, -0.2) is 38.8 Å².